The van der Waals surface area contributed by atoms with Crippen molar-refractivity contribution in [1.82, 2.24) is 0 Å². The van der Waals surface area contributed by atoms with E-state index in [1.54, 1.807) is 6.42 Å². The van der Waals surface area contributed by atoms with Crippen LogP contribution >= 0.6 is 0 Å². The zero-order valence-corrected chi connectivity index (χ0v) is 9.50. The summed E-state index contributed by atoms with van der Waals surface area (Å²) in [7, 11) is 0. The van der Waals surface area contributed by atoms with Gasteiger partial charge in [-0.3, -0.25) is 0 Å². The minimum atomic E-state index is 0.572. The maximum absolute atomic E-state index is 2.53. The molecule has 0 heteroatoms. The van der Waals surface area contributed by atoms with E-state index in [9.17, 15) is 0 Å². The Bertz CT molecular complexity index is 233. The molecule has 0 heterocycles. The van der Waals surface area contributed by atoms with Crippen molar-refractivity contribution < 1.29 is 0 Å². The van der Waals surface area contributed by atoms with Gasteiger partial charge in [0.05, 0.1) is 0 Å². The number of rotatable bonds is 1. The van der Waals surface area contributed by atoms with E-state index in [0.29, 0.717) is 5.41 Å². The van der Waals surface area contributed by atoms with Gasteiger partial charge < -0.3 is 0 Å². The summed E-state index contributed by atoms with van der Waals surface area (Å²) in [6, 6.07) is 0. The molecule has 0 amide bonds. The van der Waals surface area contributed by atoms with Crippen LogP contribution in [0.15, 0.2) is 12.2 Å². The van der Waals surface area contributed by atoms with Crippen LogP contribution in [0, 0.1) is 29.1 Å². The predicted octanol–water partition coefficient (Wildman–Crippen LogP) is 4.02. The van der Waals surface area contributed by atoms with Crippen molar-refractivity contribution in [3.63, 3.8) is 0 Å². The SMILES string of the molecule is CC=CC1(C)C2CC3CC(C2)CC1C3. The Balaban J connectivity index is 1.94. The minimum Gasteiger partial charge on any atom is -0.0911 e. The van der Waals surface area contributed by atoms with Gasteiger partial charge >= 0.3 is 0 Å². The highest BCUT2D eigenvalue weighted by molar-refractivity contribution is 5.12. The Morgan fingerprint density at radius 1 is 0.929 bits per heavy atom. The van der Waals surface area contributed by atoms with Crippen molar-refractivity contribution >= 4 is 0 Å². The Labute approximate surface area is 87.8 Å². The highest BCUT2D eigenvalue weighted by Crippen LogP contribution is 2.62. The summed E-state index contributed by atoms with van der Waals surface area (Å²) in [4.78, 5) is 0. The first kappa shape index (κ1) is 9.00. The van der Waals surface area contributed by atoms with E-state index in [0.717, 1.165) is 23.7 Å². The summed E-state index contributed by atoms with van der Waals surface area (Å²) < 4.78 is 0. The molecule has 78 valence electrons. The predicted molar refractivity (Wildman–Crippen MR) is 60.0 cm³/mol. The lowest BCUT2D eigenvalue weighted by atomic mass is 9.46. The first-order valence-corrected chi connectivity index (χ1v) is 6.36. The zero-order valence-electron chi connectivity index (χ0n) is 9.50. The second-order valence-corrected chi connectivity index (χ2v) is 6.17. The molecule has 4 aliphatic rings. The highest BCUT2D eigenvalue weighted by Gasteiger charge is 2.53. The normalized spacial score (nSPS) is 55.9. The van der Waals surface area contributed by atoms with Crippen molar-refractivity contribution in [3.05, 3.63) is 12.2 Å². The van der Waals surface area contributed by atoms with E-state index in [1.807, 2.05) is 0 Å². The quantitative estimate of drug-likeness (QED) is 0.548. The van der Waals surface area contributed by atoms with E-state index >= 15 is 0 Å². The van der Waals surface area contributed by atoms with Crippen LogP contribution in [0.2, 0.25) is 0 Å². The van der Waals surface area contributed by atoms with Gasteiger partial charge in [-0.25, -0.2) is 0 Å². The third kappa shape index (κ3) is 1.06. The molecule has 0 aromatic heterocycles. The van der Waals surface area contributed by atoms with Crippen LogP contribution < -0.4 is 0 Å². The van der Waals surface area contributed by atoms with Crippen molar-refractivity contribution in [2.75, 3.05) is 0 Å². The Kier molecular flexibility index (Phi) is 1.84. The van der Waals surface area contributed by atoms with Crippen molar-refractivity contribution in [2.24, 2.45) is 29.1 Å². The molecule has 0 N–H and O–H groups in total. The molecule has 0 aromatic rings. The molecule has 4 saturated carbocycles. The first-order valence-electron chi connectivity index (χ1n) is 6.36. The van der Waals surface area contributed by atoms with Gasteiger partial charge in [0.15, 0.2) is 0 Å². The molecule has 0 aromatic carbocycles. The number of hydrogen-bond acceptors (Lipinski definition) is 0. The second kappa shape index (κ2) is 2.87. The van der Waals surface area contributed by atoms with Crippen LogP contribution in [0.25, 0.3) is 0 Å². The van der Waals surface area contributed by atoms with E-state index < -0.39 is 0 Å². The average Bonchev–Trinajstić information content (AvgIpc) is 2.14. The molecule has 0 aliphatic heterocycles. The zero-order chi connectivity index (χ0) is 9.76. The molecule has 0 nitrogen and oxygen atoms in total. The van der Waals surface area contributed by atoms with Gasteiger partial charge in [-0.05, 0) is 68.1 Å². The maximum atomic E-state index is 2.53. The average molecular weight is 190 g/mol. The maximum Gasteiger partial charge on any atom is -0.00897 e. The van der Waals surface area contributed by atoms with Crippen LogP contribution in [0.3, 0.4) is 0 Å². The highest BCUT2D eigenvalue weighted by atomic mass is 14.6. The molecule has 4 bridgehead atoms. The third-order valence-electron chi connectivity index (χ3n) is 5.42. The van der Waals surface area contributed by atoms with Gasteiger partial charge in [-0.15, -0.1) is 0 Å². The Morgan fingerprint density at radius 2 is 1.43 bits per heavy atom. The smallest absolute Gasteiger partial charge is 0.00897 e. The molecule has 4 rings (SSSR count). The van der Waals surface area contributed by atoms with E-state index in [-0.39, 0.29) is 0 Å². The van der Waals surface area contributed by atoms with Crippen LogP contribution in [0.4, 0.5) is 0 Å². The molecule has 4 aliphatic carbocycles. The van der Waals surface area contributed by atoms with E-state index in [4.69, 9.17) is 0 Å². The largest absolute Gasteiger partial charge is 0.0911 e. The van der Waals surface area contributed by atoms with Gasteiger partial charge in [-0.1, -0.05) is 19.1 Å². The van der Waals surface area contributed by atoms with Gasteiger partial charge in [0.25, 0.3) is 0 Å². The van der Waals surface area contributed by atoms with Crippen LogP contribution in [-0.2, 0) is 0 Å². The summed E-state index contributed by atoms with van der Waals surface area (Å²) >= 11 is 0. The molecular weight excluding hydrogens is 168 g/mol. The molecule has 0 saturated heterocycles. The van der Waals surface area contributed by atoms with Crippen LogP contribution in [0.5, 0.6) is 0 Å². The first-order chi connectivity index (χ1) is 6.72. The summed E-state index contributed by atoms with van der Waals surface area (Å²) in [5.74, 6) is 4.26. The van der Waals surface area contributed by atoms with Crippen molar-refractivity contribution in [2.45, 2.75) is 46.0 Å². The third-order valence-corrected chi connectivity index (χ3v) is 5.42. The monoisotopic (exact) mass is 190 g/mol. The molecule has 0 atom stereocenters. The fourth-order valence-electron chi connectivity index (χ4n) is 4.83. The lowest BCUT2D eigenvalue weighted by molar-refractivity contribution is -0.0709. The summed E-state index contributed by atoms with van der Waals surface area (Å²) in [5.41, 5.74) is 0.572. The molecule has 0 unspecified atom stereocenters. The van der Waals surface area contributed by atoms with E-state index in [1.165, 1.54) is 25.7 Å². The minimum absolute atomic E-state index is 0.572. The van der Waals surface area contributed by atoms with Crippen LogP contribution in [0.1, 0.15) is 46.0 Å². The molecule has 4 fully saturated rings. The lowest BCUT2D eigenvalue weighted by Gasteiger charge is -2.59. The topological polar surface area (TPSA) is 0 Å². The van der Waals surface area contributed by atoms with Gasteiger partial charge in [-0.2, -0.15) is 0 Å². The Morgan fingerprint density at radius 3 is 1.86 bits per heavy atom. The summed E-state index contributed by atoms with van der Waals surface area (Å²) in [5, 5.41) is 0. The summed E-state index contributed by atoms with van der Waals surface area (Å²) in [6.45, 7) is 4.72. The van der Waals surface area contributed by atoms with Gasteiger partial charge in [0.1, 0.15) is 0 Å². The van der Waals surface area contributed by atoms with Gasteiger partial charge in [0, 0.05) is 0 Å². The number of allylic oxidation sites excluding steroid dienone is 2. The van der Waals surface area contributed by atoms with Crippen LogP contribution in [-0.4, -0.2) is 0 Å². The van der Waals surface area contributed by atoms with Gasteiger partial charge in [0.2, 0.25) is 0 Å². The molecule has 0 spiro atoms. The van der Waals surface area contributed by atoms with E-state index in [2.05, 4.69) is 26.0 Å². The molecular formula is C14H22. The lowest BCUT2D eigenvalue weighted by Crippen LogP contribution is -2.50. The van der Waals surface area contributed by atoms with Crippen molar-refractivity contribution in [3.8, 4) is 0 Å². The Hall–Kier alpha value is -0.260. The van der Waals surface area contributed by atoms with Crippen molar-refractivity contribution in [1.29, 1.82) is 0 Å². The fraction of sp³-hybridized carbons (Fsp3) is 0.857. The number of hydrogen-bond donors (Lipinski definition) is 0. The second-order valence-electron chi connectivity index (χ2n) is 6.17. The summed E-state index contributed by atoms with van der Waals surface area (Å²) in [6.07, 6.45) is 12.5. The standard InChI is InChI=1S/C14H22/c1-3-4-14(2)12-6-10-5-11(8-12)9-13(14)7-10/h3-4,10-13H,5-9H2,1-2H3. The fourth-order valence-corrected chi connectivity index (χ4v) is 4.83. The molecule has 0 radical (unpaired) electrons. The molecule has 14 heavy (non-hydrogen) atoms.